The van der Waals surface area contributed by atoms with E-state index in [1.807, 2.05) is 0 Å². The molecule has 0 aromatic carbocycles. The number of carbonyl (C=O) groups is 2. The summed E-state index contributed by atoms with van der Waals surface area (Å²) >= 11 is 0. The van der Waals surface area contributed by atoms with E-state index >= 15 is 0 Å². The maximum absolute atomic E-state index is 13.5. The smallest absolute Gasteiger partial charge is 0.409 e. The van der Waals surface area contributed by atoms with Gasteiger partial charge in [0.25, 0.3) is 12.3 Å². The predicted octanol–water partition coefficient (Wildman–Crippen LogP) is 2.46. The van der Waals surface area contributed by atoms with E-state index in [-0.39, 0.29) is 28.9 Å². The molecule has 1 saturated heterocycles. The lowest BCUT2D eigenvalue weighted by atomic mass is 10.2. The Labute approximate surface area is 160 Å². The van der Waals surface area contributed by atoms with Crippen LogP contribution in [0.3, 0.4) is 0 Å². The summed E-state index contributed by atoms with van der Waals surface area (Å²) in [5.41, 5.74) is 0.711. The van der Waals surface area contributed by atoms with Crippen molar-refractivity contribution in [2.24, 2.45) is 0 Å². The van der Waals surface area contributed by atoms with Crippen LogP contribution in [0.5, 0.6) is 0 Å². The molecule has 0 N–H and O–H groups in total. The van der Waals surface area contributed by atoms with Crippen LogP contribution in [-0.4, -0.2) is 69.2 Å². The SMILES string of the molecule is CCOC(=O)N1CCN(C(=O)c2cc3nc(C4CC4)cc(C(F)F)n3n2)CC1. The highest BCUT2D eigenvalue weighted by Crippen LogP contribution is 2.40. The Morgan fingerprint density at radius 1 is 1.18 bits per heavy atom. The Morgan fingerprint density at radius 3 is 2.46 bits per heavy atom. The van der Waals surface area contributed by atoms with Gasteiger partial charge in [0.1, 0.15) is 5.69 Å². The minimum atomic E-state index is -2.71. The zero-order valence-electron chi connectivity index (χ0n) is 15.5. The Morgan fingerprint density at radius 2 is 1.86 bits per heavy atom. The van der Waals surface area contributed by atoms with Crippen molar-refractivity contribution in [2.75, 3.05) is 32.8 Å². The number of rotatable bonds is 4. The molecule has 28 heavy (non-hydrogen) atoms. The number of alkyl halides is 2. The third kappa shape index (κ3) is 3.50. The van der Waals surface area contributed by atoms with E-state index in [2.05, 4.69) is 10.1 Å². The number of nitrogens with zero attached hydrogens (tertiary/aromatic N) is 5. The summed E-state index contributed by atoms with van der Waals surface area (Å²) in [7, 11) is 0. The Bertz CT molecular complexity index is 904. The zero-order chi connectivity index (χ0) is 19.8. The van der Waals surface area contributed by atoms with Crippen molar-refractivity contribution in [3.8, 4) is 0 Å². The van der Waals surface area contributed by atoms with Gasteiger partial charge in [-0.25, -0.2) is 23.1 Å². The topological polar surface area (TPSA) is 80.0 Å². The van der Waals surface area contributed by atoms with Gasteiger partial charge in [0.2, 0.25) is 0 Å². The standard InChI is InChI=1S/C18H21F2N5O3/c1-2-28-18(27)24-7-5-23(6-8-24)17(26)13-10-15-21-12(11-3-4-11)9-14(16(19)20)25(15)22-13/h9-11,16H,2-8H2,1H3. The first kappa shape index (κ1) is 18.6. The van der Waals surface area contributed by atoms with E-state index in [9.17, 15) is 18.4 Å². The molecule has 1 aliphatic heterocycles. The second-order valence-corrected chi connectivity index (χ2v) is 6.96. The van der Waals surface area contributed by atoms with Gasteiger partial charge in [-0.05, 0) is 25.8 Å². The molecule has 3 heterocycles. The molecule has 0 atom stereocenters. The number of halogens is 2. The Kier molecular flexibility index (Phi) is 4.86. The van der Waals surface area contributed by atoms with Crippen LogP contribution in [-0.2, 0) is 4.74 Å². The lowest BCUT2D eigenvalue weighted by Gasteiger charge is -2.33. The van der Waals surface area contributed by atoms with E-state index in [4.69, 9.17) is 4.74 Å². The van der Waals surface area contributed by atoms with Gasteiger partial charge in [0, 0.05) is 43.9 Å². The molecule has 2 fully saturated rings. The van der Waals surface area contributed by atoms with E-state index in [0.717, 1.165) is 17.4 Å². The van der Waals surface area contributed by atoms with Crippen LogP contribution in [0.15, 0.2) is 12.1 Å². The third-order valence-corrected chi connectivity index (χ3v) is 5.01. The molecule has 1 aliphatic carbocycles. The molecule has 2 amide bonds. The van der Waals surface area contributed by atoms with Crippen LogP contribution in [0, 0.1) is 0 Å². The highest BCUT2D eigenvalue weighted by molar-refractivity contribution is 5.93. The highest BCUT2D eigenvalue weighted by Gasteiger charge is 2.30. The van der Waals surface area contributed by atoms with Crippen LogP contribution in [0.2, 0.25) is 0 Å². The van der Waals surface area contributed by atoms with Crippen molar-refractivity contribution in [1.82, 2.24) is 24.4 Å². The largest absolute Gasteiger partial charge is 0.450 e. The monoisotopic (exact) mass is 393 g/mol. The molecular weight excluding hydrogens is 372 g/mol. The number of hydrogen-bond acceptors (Lipinski definition) is 5. The Hall–Kier alpha value is -2.78. The highest BCUT2D eigenvalue weighted by atomic mass is 19.3. The molecule has 150 valence electrons. The van der Waals surface area contributed by atoms with E-state index in [1.165, 1.54) is 17.0 Å². The summed E-state index contributed by atoms with van der Waals surface area (Å²) in [5, 5.41) is 4.09. The van der Waals surface area contributed by atoms with Crippen LogP contribution in [0.25, 0.3) is 5.65 Å². The summed E-state index contributed by atoms with van der Waals surface area (Å²) in [6.45, 7) is 3.38. The summed E-state index contributed by atoms with van der Waals surface area (Å²) in [4.78, 5) is 32.0. The maximum atomic E-state index is 13.5. The van der Waals surface area contributed by atoms with Crippen LogP contribution >= 0.6 is 0 Å². The molecule has 8 nitrogen and oxygen atoms in total. The zero-order valence-corrected chi connectivity index (χ0v) is 15.5. The second kappa shape index (κ2) is 7.33. The summed E-state index contributed by atoms with van der Waals surface area (Å²) in [5.74, 6) is -0.144. The van der Waals surface area contributed by atoms with Gasteiger partial charge in [-0.2, -0.15) is 5.10 Å². The van der Waals surface area contributed by atoms with Gasteiger partial charge in [0.15, 0.2) is 11.3 Å². The molecular formula is C18H21F2N5O3. The molecule has 1 saturated carbocycles. The van der Waals surface area contributed by atoms with Gasteiger partial charge in [-0.1, -0.05) is 0 Å². The average Bonchev–Trinajstić information content (AvgIpc) is 3.45. The quantitative estimate of drug-likeness (QED) is 0.797. The number of piperazine rings is 1. The molecule has 0 bridgehead atoms. The lowest BCUT2D eigenvalue weighted by Crippen LogP contribution is -2.50. The van der Waals surface area contributed by atoms with Crippen molar-refractivity contribution in [3.63, 3.8) is 0 Å². The second-order valence-electron chi connectivity index (χ2n) is 6.96. The Balaban J connectivity index is 1.53. The number of carbonyl (C=O) groups excluding carboxylic acids is 2. The molecule has 0 spiro atoms. The van der Waals surface area contributed by atoms with Gasteiger partial charge in [-0.3, -0.25) is 4.79 Å². The van der Waals surface area contributed by atoms with Gasteiger partial charge in [0.05, 0.1) is 6.61 Å². The number of aromatic nitrogens is 3. The van der Waals surface area contributed by atoms with Gasteiger partial charge in [-0.15, -0.1) is 0 Å². The van der Waals surface area contributed by atoms with Gasteiger partial charge >= 0.3 is 6.09 Å². The van der Waals surface area contributed by atoms with Crippen LogP contribution < -0.4 is 0 Å². The molecule has 4 rings (SSSR count). The van der Waals surface area contributed by atoms with Crippen molar-refractivity contribution in [2.45, 2.75) is 32.1 Å². The number of amides is 2. The minimum Gasteiger partial charge on any atom is -0.450 e. The molecule has 2 aromatic heterocycles. The van der Waals surface area contributed by atoms with E-state index in [0.29, 0.717) is 38.5 Å². The molecule has 0 radical (unpaired) electrons. The maximum Gasteiger partial charge on any atom is 0.409 e. The molecule has 2 aromatic rings. The fourth-order valence-electron chi connectivity index (χ4n) is 3.34. The first-order chi connectivity index (χ1) is 13.5. The van der Waals surface area contributed by atoms with E-state index in [1.54, 1.807) is 11.8 Å². The van der Waals surface area contributed by atoms with Crippen molar-refractivity contribution in [1.29, 1.82) is 0 Å². The fraction of sp³-hybridized carbons (Fsp3) is 0.556. The summed E-state index contributed by atoms with van der Waals surface area (Å²) in [6, 6.07) is 2.84. The van der Waals surface area contributed by atoms with E-state index < -0.39 is 12.5 Å². The summed E-state index contributed by atoms with van der Waals surface area (Å²) in [6.07, 6.45) is -1.23. The fourth-order valence-corrected chi connectivity index (χ4v) is 3.34. The number of hydrogen-bond donors (Lipinski definition) is 0. The molecule has 10 heteroatoms. The minimum absolute atomic E-state index is 0.0759. The number of fused-ring (bicyclic) bond motifs is 1. The van der Waals surface area contributed by atoms with Crippen LogP contribution in [0.1, 0.15) is 54.0 Å². The van der Waals surface area contributed by atoms with Gasteiger partial charge < -0.3 is 14.5 Å². The number of ether oxygens (including phenoxy) is 1. The van der Waals surface area contributed by atoms with Crippen molar-refractivity contribution < 1.29 is 23.1 Å². The molecule has 2 aliphatic rings. The van der Waals surface area contributed by atoms with Crippen LogP contribution in [0.4, 0.5) is 13.6 Å². The lowest BCUT2D eigenvalue weighted by molar-refractivity contribution is 0.0565. The van der Waals surface area contributed by atoms with Crippen molar-refractivity contribution in [3.05, 3.63) is 29.2 Å². The van der Waals surface area contributed by atoms with Crippen molar-refractivity contribution >= 4 is 17.6 Å². The first-order valence-electron chi connectivity index (χ1n) is 9.37. The third-order valence-electron chi connectivity index (χ3n) is 5.01. The average molecular weight is 393 g/mol. The summed E-state index contributed by atoms with van der Waals surface area (Å²) < 4.78 is 33.0. The first-order valence-corrected chi connectivity index (χ1v) is 9.37. The molecule has 0 unspecified atom stereocenters. The predicted molar refractivity (Wildman–Crippen MR) is 94.4 cm³/mol. The normalized spacial score (nSPS) is 17.4.